The lowest BCUT2D eigenvalue weighted by Gasteiger charge is -2.19. The van der Waals surface area contributed by atoms with Crippen molar-refractivity contribution in [2.24, 2.45) is 0 Å². The highest BCUT2D eigenvalue weighted by molar-refractivity contribution is 7.52. The maximum Gasteiger partial charge on any atom is 0.353 e. The topological polar surface area (TPSA) is 126 Å². The Balaban J connectivity index is 2.72. The highest BCUT2D eigenvalue weighted by Crippen LogP contribution is 2.40. The van der Waals surface area contributed by atoms with E-state index in [1.165, 1.54) is 23.9 Å². The van der Waals surface area contributed by atoms with E-state index in [2.05, 4.69) is 9.51 Å². The average Bonchev–Trinajstić information content (AvgIpc) is 2.39. The maximum absolute atomic E-state index is 11.6. The molecule has 0 radical (unpaired) electrons. The fourth-order valence-electron chi connectivity index (χ4n) is 1.39. The van der Waals surface area contributed by atoms with E-state index in [9.17, 15) is 14.3 Å². The van der Waals surface area contributed by atoms with Crippen LogP contribution in [0.4, 0.5) is 5.82 Å². The van der Waals surface area contributed by atoms with Gasteiger partial charge in [-0.25, -0.2) is 4.79 Å². The van der Waals surface area contributed by atoms with Crippen LogP contribution < -0.4 is 11.4 Å². The normalized spacial score (nSPS) is 15.8. The number of hydrogen-bond donors (Lipinski definition) is 2. The summed E-state index contributed by atoms with van der Waals surface area (Å²) in [6.07, 6.45) is 0.374. The molecule has 0 fully saturated rings. The van der Waals surface area contributed by atoms with Gasteiger partial charge in [-0.3, -0.25) is 9.13 Å². The number of nitrogen functional groups attached to an aromatic ring is 1. The minimum Gasteiger partial charge on any atom is -0.383 e. The molecule has 0 bridgehead atoms. The Hall–Kier alpha value is -1.25. The summed E-state index contributed by atoms with van der Waals surface area (Å²) in [5.41, 5.74) is 4.85. The fraction of sp³-hybridized carbons (Fsp3) is 0.600. The van der Waals surface area contributed by atoms with E-state index in [1.807, 2.05) is 0 Å². The number of nitrogens with two attached hydrogens (primary N) is 1. The molecule has 9 nitrogen and oxygen atoms in total. The van der Waals surface area contributed by atoms with Crippen molar-refractivity contribution in [2.45, 2.75) is 12.6 Å². The summed E-state index contributed by atoms with van der Waals surface area (Å²) in [6.45, 7) is 0.254. The second kappa shape index (κ2) is 7.51. The Morgan fingerprint density at radius 3 is 2.80 bits per heavy atom. The van der Waals surface area contributed by atoms with Crippen molar-refractivity contribution in [2.75, 3.05) is 32.9 Å². The molecule has 0 aromatic carbocycles. The van der Waals surface area contributed by atoms with E-state index in [4.69, 9.17) is 15.2 Å². The van der Waals surface area contributed by atoms with E-state index in [0.717, 1.165) is 7.11 Å². The highest BCUT2D eigenvalue weighted by atomic mass is 31.2. The van der Waals surface area contributed by atoms with Gasteiger partial charge in [0.1, 0.15) is 12.2 Å². The minimum absolute atomic E-state index is 0.115. The Labute approximate surface area is 115 Å². The molecular weight excluding hydrogens is 289 g/mol. The lowest BCUT2D eigenvalue weighted by Crippen LogP contribution is -2.32. The minimum atomic E-state index is -3.78. The Bertz CT molecular complexity index is 534. The van der Waals surface area contributed by atoms with Gasteiger partial charge in [0.2, 0.25) is 0 Å². The largest absolute Gasteiger partial charge is 0.383 e. The SMILES string of the molecule is COC[C@H](Cn1ccc(N)nc1=O)OCP(=O)(O)OC. The summed E-state index contributed by atoms with van der Waals surface area (Å²) >= 11 is 0. The van der Waals surface area contributed by atoms with Crippen molar-refractivity contribution >= 4 is 13.4 Å². The Morgan fingerprint density at radius 2 is 2.25 bits per heavy atom. The van der Waals surface area contributed by atoms with Gasteiger partial charge in [-0.15, -0.1) is 0 Å². The molecule has 0 amide bonds. The van der Waals surface area contributed by atoms with Crippen LogP contribution in [0.15, 0.2) is 17.1 Å². The van der Waals surface area contributed by atoms with Crippen LogP contribution in [0.25, 0.3) is 0 Å². The fourth-order valence-corrected chi connectivity index (χ4v) is 1.90. The lowest BCUT2D eigenvalue weighted by molar-refractivity contribution is 0.00217. The predicted molar refractivity (Wildman–Crippen MR) is 71.4 cm³/mol. The van der Waals surface area contributed by atoms with Crippen LogP contribution in [-0.2, 0) is 25.1 Å². The second-order valence-electron chi connectivity index (χ2n) is 3.98. The number of aromatic nitrogens is 2. The van der Waals surface area contributed by atoms with E-state index in [1.54, 1.807) is 0 Å². The summed E-state index contributed by atoms with van der Waals surface area (Å²) in [6, 6.07) is 1.47. The molecule has 1 unspecified atom stereocenters. The third-order valence-electron chi connectivity index (χ3n) is 2.41. The second-order valence-corrected chi connectivity index (χ2v) is 5.88. The van der Waals surface area contributed by atoms with Gasteiger partial charge < -0.3 is 24.6 Å². The third kappa shape index (κ3) is 5.40. The molecule has 2 atom stereocenters. The number of rotatable bonds is 8. The summed E-state index contributed by atoms with van der Waals surface area (Å²) < 4.78 is 27.2. The first kappa shape index (κ1) is 16.8. The molecule has 20 heavy (non-hydrogen) atoms. The Kier molecular flexibility index (Phi) is 6.31. The molecule has 3 N–H and O–H groups in total. The van der Waals surface area contributed by atoms with Crippen LogP contribution in [0.3, 0.4) is 0 Å². The van der Waals surface area contributed by atoms with Gasteiger partial charge in [0, 0.05) is 20.4 Å². The zero-order valence-corrected chi connectivity index (χ0v) is 12.2. The zero-order chi connectivity index (χ0) is 15.2. The van der Waals surface area contributed by atoms with Crippen molar-refractivity contribution < 1.29 is 23.5 Å². The highest BCUT2D eigenvalue weighted by Gasteiger charge is 2.21. The van der Waals surface area contributed by atoms with E-state index in [0.29, 0.717) is 0 Å². The monoisotopic (exact) mass is 307 g/mol. The molecule has 1 aromatic heterocycles. The van der Waals surface area contributed by atoms with Crippen LogP contribution in [0.5, 0.6) is 0 Å². The van der Waals surface area contributed by atoms with Gasteiger partial charge in [0.15, 0.2) is 0 Å². The van der Waals surface area contributed by atoms with Crippen LogP contribution >= 0.6 is 7.60 Å². The number of methoxy groups -OCH3 is 1. The number of nitrogens with zero attached hydrogens (tertiary/aromatic N) is 2. The number of hydrogen-bond acceptors (Lipinski definition) is 7. The van der Waals surface area contributed by atoms with Crippen molar-refractivity contribution in [3.05, 3.63) is 22.7 Å². The molecule has 114 valence electrons. The third-order valence-corrected chi connectivity index (χ3v) is 3.45. The van der Waals surface area contributed by atoms with Gasteiger partial charge in [-0.05, 0) is 6.07 Å². The number of anilines is 1. The first-order valence-corrected chi connectivity index (χ1v) is 7.45. The number of ether oxygens (including phenoxy) is 2. The molecule has 1 rings (SSSR count). The van der Waals surface area contributed by atoms with Gasteiger partial charge in [-0.2, -0.15) is 4.98 Å². The Morgan fingerprint density at radius 1 is 1.55 bits per heavy atom. The molecule has 0 saturated heterocycles. The van der Waals surface area contributed by atoms with Crippen LogP contribution in [-0.4, -0.2) is 47.7 Å². The smallest absolute Gasteiger partial charge is 0.353 e. The van der Waals surface area contributed by atoms with Crippen LogP contribution in [0.1, 0.15) is 0 Å². The molecule has 0 spiro atoms. The van der Waals surface area contributed by atoms with Crippen LogP contribution in [0, 0.1) is 0 Å². The molecule has 0 saturated carbocycles. The lowest BCUT2D eigenvalue weighted by atomic mass is 10.3. The van der Waals surface area contributed by atoms with E-state index in [-0.39, 0.29) is 19.0 Å². The maximum atomic E-state index is 11.6. The quantitative estimate of drug-likeness (QED) is 0.624. The van der Waals surface area contributed by atoms with Crippen molar-refractivity contribution in [3.8, 4) is 0 Å². The van der Waals surface area contributed by atoms with Crippen LogP contribution in [0.2, 0.25) is 0 Å². The van der Waals surface area contributed by atoms with E-state index >= 15 is 0 Å². The van der Waals surface area contributed by atoms with Gasteiger partial charge in [0.05, 0.1) is 19.3 Å². The van der Waals surface area contributed by atoms with E-state index < -0.39 is 25.7 Å². The molecule has 0 aliphatic rings. The van der Waals surface area contributed by atoms with Crippen molar-refractivity contribution in [1.29, 1.82) is 0 Å². The predicted octanol–water partition coefficient (Wildman–Crippen LogP) is -0.354. The summed E-state index contributed by atoms with van der Waals surface area (Å²) in [5.74, 6) is 0.120. The molecule has 10 heteroatoms. The standard InChI is InChI=1S/C10H18N3O6P/c1-17-6-8(19-7-20(15,16)18-2)5-13-4-3-9(11)12-10(13)14/h3-4,8H,5-7H2,1-2H3,(H,15,16)(H2,11,12,14)/t8-/m0/s1. The molecule has 1 aromatic rings. The van der Waals surface area contributed by atoms with Gasteiger partial charge in [-0.1, -0.05) is 0 Å². The molecule has 0 aliphatic heterocycles. The van der Waals surface area contributed by atoms with Gasteiger partial charge in [0.25, 0.3) is 0 Å². The summed E-state index contributed by atoms with van der Waals surface area (Å²) in [5, 5.41) is 0. The molecular formula is C10H18N3O6P. The summed E-state index contributed by atoms with van der Waals surface area (Å²) in [7, 11) is -1.21. The average molecular weight is 307 g/mol. The first-order chi connectivity index (χ1) is 9.38. The first-order valence-electron chi connectivity index (χ1n) is 5.69. The van der Waals surface area contributed by atoms with Gasteiger partial charge >= 0.3 is 13.3 Å². The zero-order valence-electron chi connectivity index (χ0n) is 11.3. The van der Waals surface area contributed by atoms with Crippen molar-refractivity contribution in [1.82, 2.24) is 9.55 Å². The van der Waals surface area contributed by atoms with Crippen molar-refractivity contribution in [3.63, 3.8) is 0 Å². The molecule has 1 heterocycles. The molecule has 0 aliphatic carbocycles. The summed E-state index contributed by atoms with van der Waals surface area (Å²) in [4.78, 5) is 24.4.